The van der Waals surface area contributed by atoms with Crippen LogP contribution in [0.1, 0.15) is 36.7 Å². The zero-order valence-corrected chi connectivity index (χ0v) is 21.5. The minimum atomic E-state index is -2.74. The molecule has 0 saturated carbocycles. The number of benzene rings is 2. The monoisotopic (exact) mass is 543 g/mol. The third-order valence-electron chi connectivity index (χ3n) is 5.37. The van der Waals surface area contributed by atoms with Gasteiger partial charge in [-0.2, -0.15) is 0 Å². The van der Waals surface area contributed by atoms with Gasteiger partial charge >= 0.3 is 17.9 Å². The van der Waals surface area contributed by atoms with Crippen molar-refractivity contribution in [2.45, 2.75) is 45.4 Å². The Balaban J connectivity index is 0.000000349. The molecule has 0 radical (unpaired) electrons. The van der Waals surface area contributed by atoms with Crippen molar-refractivity contribution in [3.63, 3.8) is 0 Å². The fourth-order valence-corrected chi connectivity index (χ4v) is 3.37. The average molecular weight is 544 g/mol. The Hall–Kier alpha value is -4.58. The lowest BCUT2D eigenvalue weighted by Crippen LogP contribution is -2.42. The van der Waals surface area contributed by atoms with Crippen LogP contribution in [0.15, 0.2) is 60.9 Å². The molecule has 12 heteroatoms. The van der Waals surface area contributed by atoms with Crippen molar-refractivity contribution in [2.75, 3.05) is 11.4 Å². The number of aliphatic hydroxyl groups is 1. The van der Waals surface area contributed by atoms with Gasteiger partial charge in [-0.15, -0.1) is 0 Å². The SMILES string of the molecule is CCN(Cc1cnc(C)nc1)c1ccc(OCc2cccc(F)c2)cc1.O=C(O)CC(O)(CC(=O)O)C(=O)O. The smallest absolute Gasteiger partial charge is 0.336 e. The summed E-state index contributed by atoms with van der Waals surface area (Å²) in [6, 6.07) is 14.4. The number of anilines is 1. The Morgan fingerprint density at radius 2 is 1.54 bits per heavy atom. The first kappa shape index (κ1) is 30.6. The highest BCUT2D eigenvalue weighted by Gasteiger charge is 2.40. The standard InChI is InChI=1S/C21H22FN3O.C6H8O7/c1-3-25(14-18-12-23-16(2)24-13-18)20-7-9-21(10-8-20)26-15-17-5-4-6-19(22)11-17;7-3(8)1-6(13,5(11)12)2-4(9)10/h4-13H,3,14-15H2,1-2H3;13H,1-2H2,(H,7,8)(H,9,10)(H,11,12). The first-order valence-electron chi connectivity index (χ1n) is 11.8. The van der Waals surface area contributed by atoms with E-state index >= 15 is 0 Å². The van der Waals surface area contributed by atoms with Crippen LogP contribution in [0.2, 0.25) is 0 Å². The topological polar surface area (TPSA) is 170 Å². The zero-order chi connectivity index (χ0) is 29.0. The highest BCUT2D eigenvalue weighted by atomic mass is 19.1. The van der Waals surface area contributed by atoms with Gasteiger partial charge in [0.15, 0.2) is 5.60 Å². The van der Waals surface area contributed by atoms with E-state index in [9.17, 15) is 18.8 Å². The van der Waals surface area contributed by atoms with Crippen molar-refractivity contribution in [3.05, 3.63) is 83.7 Å². The molecule has 0 aliphatic rings. The Labute approximate surface area is 224 Å². The van der Waals surface area contributed by atoms with E-state index in [1.54, 1.807) is 6.07 Å². The molecule has 2 aromatic carbocycles. The molecule has 11 nitrogen and oxygen atoms in total. The summed E-state index contributed by atoms with van der Waals surface area (Å²) in [7, 11) is 0. The van der Waals surface area contributed by atoms with Gasteiger partial charge in [-0.25, -0.2) is 19.2 Å². The summed E-state index contributed by atoms with van der Waals surface area (Å²) in [5.74, 6) is -3.74. The molecule has 3 aromatic rings. The number of aliphatic carboxylic acids is 3. The van der Waals surface area contributed by atoms with Crippen LogP contribution in [-0.4, -0.2) is 60.4 Å². The molecule has 0 bridgehead atoms. The van der Waals surface area contributed by atoms with Gasteiger partial charge in [0.2, 0.25) is 0 Å². The van der Waals surface area contributed by atoms with Crippen LogP contribution < -0.4 is 9.64 Å². The van der Waals surface area contributed by atoms with Gasteiger partial charge in [-0.05, 0) is 55.8 Å². The van der Waals surface area contributed by atoms with Crippen LogP contribution in [0.3, 0.4) is 0 Å². The quantitative estimate of drug-likeness (QED) is 0.264. The Bertz CT molecular complexity index is 1240. The lowest BCUT2D eigenvalue weighted by atomic mass is 9.96. The summed E-state index contributed by atoms with van der Waals surface area (Å²) >= 11 is 0. The number of carboxylic acid groups (broad SMARTS) is 3. The molecule has 0 aliphatic carbocycles. The van der Waals surface area contributed by atoms with E-state index in [2.05, 4.69) is 21.8 Å². The van der Waals surface area contributed by atoms with E-state index < -0.39 is 36.4 Å². The molecule has 208 valence electrons. The molecule has 39 heavy (non-hydrogen) atoms. The number of carboxylic acids is 3. The molecular weight excluding hydrogens is 513 g/mol. The number of nitrogens with zero attached hydrogens (tertiary/aromatic N) is 3. The minimum absolute atomic E-state index is 0.250. The largest absolute Gasteiger partial charge is 0.489 e. The number of ether oxygens (including phenoxy) is 1. The molecule has 0 saturated heterocycles. The van der Waals surface area contributed by atoms with E-state index in [0.717, 1.165) is 41.5 Å². The number of hydrogen-bond acceptors (Lipinski definition) is 8. The van der Waals surface area contributed by atoms with E-state index in [4.69, 9.17) is 25.2 Å². The van der Waals surface area contributed by atoms with Gasteiger partial charge in [-0.1, -0.05) is 12.1 Å². The van der Waals surface area contributed by atoms with Crippen LogP contribution in [0, 0.1) is 12.7 Å². The number of carbonyl (C=O) groups is 3. The summed E-state index contributed by atoms with van der Waals surface area (Å²) < 4.78 is 18.9. The van der Waals surface area contributed by atoms with E-state index in [-0.39, 0.29) is 5.82 Å². The van der Waals surface area contributed by atoms with Crippen LogP contribution in [0.5, 0.6) is 5.75 Å². The highest BCUT2D eigenvalue weighted by Crippen LogP contribution is 2.22. The molecule has 0 amide bonds. The van der Waals surface area contributed by atoms with Crippen molar-refractivity contribution in [1.29, 1.82) is 0 Å². The van der Waals surface area contributed by atoms with Crippen molar-refractivity contribution < 1.29 is 43.9 Å². The fourth-order valence-electron chi connectivity index (χ4n) is 3.37. The number of rotatable bonds is 12. The number of halogens is 1. The summed E-state index contributed by atoms with van der Waals surface area (Å²) in [5, 5.41) is 33.8. The van der Waals surface area contributed by atoms with E-state index in [1.807, 2.05) is 49.6 Å². The van der Waals surface area contributed by atoms with E-state index in [0.29, 0.717) is 6.61 Å². The van der Waals surface area contributed by atoms with Crippen LogP contribution in [-0.2, 0) is 27.5 Å². The maximum atomic E-state index is 13.2. The zero-order valence-electron chi connectivity index (χ0n) is 21.5. The Kier molecular flexibility index (Phi) is 11.3. The fraction of sp³-hybridized carbons (Fsp3) is 0.296. The molecule has 0 spiro atoms. The van der Waals surface area contributed by atoms with Gasteiger partial charge < -0.3 is 30.1 Å². The molecule has 0 atom stereocenters. The molecular formula is C27H30FN3O8. The number of aryl methyl sites for hydroxylation is 1. The van der Waals surface area contributed by atoms with Gasteiger partial charge in [0.05, 0.1) is 12.8 Å². The van der Waals surface area contributed by atoms with Crippen LogP contribution >= 0.6 is 0 Å². The highest BCUT2D eigenvalue weighted by molar-refractivity contribution is 5.88. The van der Waals surface area contributed by atoms with Crippen molar-refractivity contribution in [1.82, 2.24) is 9.97 Å². The number of aromatic nitrogens is 2. The lowest BCUT2D eigenvalue weighted by molar-refractivity contribution is -0.170. The molecule has 0 fully saturated rings. The molecule has 4 N–H and O–H groups in total. The van der Waals surface area contributed by atoms with Gasteiger partial charge in [0, 0.05) is 36.7 Å². The number of hydrogen-bond donors (Lipinski definition) is 4. The summed E-state index contributed by atoms with van der Waals surface area (Å²) in [6.07, 6.45) is 1.44. The summed E-state index contributed by atoms with van der Waals surface area (Å²) in [4.78, 5) is 41.2. The minimum Gasteiger partial charge on any atom is -0.489 e. The second kappa shape index (κ2) is 14.4. The maximum Gasteiger partial charge on any atom is 0.336 e. The van der Waals surface area contributed by atoms with E-state index in [1.165, 1.54) is 12.1 Å². The van der Waals surface area contributed by atoms with Crippen molar-refractivity contribution in [3.8, 4) is 5.75 Å². The lowest BCUT2D eigenvalue weighted by Gasteiger charge is -2.23. The van der Waals surface area contributed by atoms with Gasteiger partial charge in [-0.3, -0.25) is 9.59 Å². The molecule has 0 unspecified atom stereocenters. The third kappa shape index (κ3) is 10.4. The second-order valence-corrected chi connectivity index (χ2v) is 8.54. The predicted octanol–water partition coefficient (Wildman–Crippen LogP) is 3.28. The Morgan fingerprint density at radius 1 is 0.949 bits per heavy atom. The predicted molar refractivity (Wildman–Crippen MR) is 138 cm³/mol. The first-order valence-corrected chi connectivity index (χ1v) is 11.8. The third-order valence-corrected chi connectivity index (χ3v) is 5.37. The maximum absolute atomic E-state index is 13.2. The summed E-state index contributed by atoms with van der Waals surface area (Å²) in [6.45, 7) is 5.96. The normalized spacial score (nSPS) is 10.7. The van der Waals surface area contributed by atoms with Crippen molar-refractivity contribution >= 4 is 23.6 Å². The first-order chi connectivity index (χ1) is 18.4. The molecule has 1 aromatic heterocycles. The van der Waals surface area contributed by atoms with Crippen molar-refractivity contribution in [2.24, 2.45) is 0 Å². The molecule has 1 heterocycles. The van der Waals surface area contributed by atoms with Crippen LogP contribution in [0.25, 0.3) is 0 Å². The summed E-state index contributed by atoms with van der Waals surface area (Å²) in [5.41, 5.74) is 0.246. The second-order valence-electron chi connectivity index (χ2n) is 8.54. The molecule has 0 aliphatic heterocycles. The van der Waals surface area contributed by atoms with Gasteiger partial charge in [0.25, 0.3) is 0 Å². The van der Waals surface area contributed by atoms with Crippen LogP contribution in [0.4, 0.5) is 10.1 Å². The van der Waals surface area contributed by atoms with Gasteiger partial charge in [0.1, 0.15) is 24.0 Å². The average Bonchev–Trinajstić information content (AvgIpc) is 2.87. The molecule has 3 rings (SSSR count). The Morgan fingerprint density at radius 3 is 2.03 bits per heavy atom.